The van der Waals surface area contributed by atoms with Gasteiger partial charge in [0.2, 0.25) is 0 Å². The van der Waals surface area contributed by atoms with Crippen LogP contribution in [0.2, 0.25) is 0 Å². The van der Waals surface area contributed by atoms with Crippen LogP contribution in [0, 0.1) is 22.3 Å². The Hall–Kier alpha value is -2.11. The van der Waals surface area contributed by atoms with Gasteiger partial charge in [-0.3, -0.25) is 4.72 Å². The van der Waals surface area contributed by atoms with E-state index in [0.29, 0.717) is 16.9 Å². The lowest BCUT2D eigenvalue weighted by molar-refractivity contribution is 0.521. The summed E-state index contributed by atoms with van der Waals surface area (Å²) in [4.78, 5) is -0.359. The van der Waals surface area contributed by atoms with Gasteiger partial charge in [-0.05, 0) is 54.1 Å². The number of halogens is 2. The number of anilines is 1. The Labute approximate surface area is 137 Å². The fraction of sp³-hybridized carbons (Fsp3) is 0.133. The van der Waals surface area contributed by atoms with Gasteiger partial charge < -0.3 is 0 Å². The van der Waals surface area contributed by atoms with Crippen LogP contribution >= 0.6 is 11.8 Å². The molecule has 8 heteroatoms. The third-order valence-electron chi connectivity index (χ3n) is 3.05. The highest BCUT2D eigenvalue weighted by Gasteiger charge is 2.24. The highest BCUT2D eigenvalue weighted by molar-refractivity contribution is 8.03. The number of aryl methyl sites for hydroxylation is 1. The largest absolute Gasteiger partial charge is 0.279 e. The molecule has 0 atom stereocenters. The van der Waals surface area contributed by atoms with E-state index in [4.69, 9.17) is 5.26 Å². The zero-order chi connectivity index (χ0) is 17.0. The Morgan fingerprint density at radius 1 is 1.22 bits per heavy atom. The SMILES string of the molecule is CCc1cc(SC#N)ccc1NS(=O)(=O)c1c(F)cccc1F. The third-order valence-corrected chi connectivity index (χ3v) is 5.05. The van der Waals surface area contributed by atoms with Crippen molar-refractivity contribution in [3.05, 3.63) is 53.6 Å². The summed E-state index contributed by atoms with van der Waals surface area (Å²) in [5.41, 5.74) is 0.836. The first-order valence-electron chi connectivity index (χ1n) is 6.54. The van der Waals surface area contributed by atoms with Crippen molar-refractivity contribution in [2.45, 2.75) is 23.1 Å². The van der Waals surface area contributed by atoms with Gasteiger partial charge in [-0.25, -0.2) is 17.2 Å². The van der Waals surface area contributed by atoms with E-state index in [-0.39, 0.29) is 5.69 Å². The smallest absolute Gasteiger partial charge is 0.267 e. The minimum Gasteiger partial charge on any atom is -0.279 e. The summed E-state index contributed by atoms with van der Waals surface area (Å²) in [5, 5.41) is 10.6. The predicted octanol–water partition coefficient (Wildman–Crippen LogP) is 3.90. The molecule has 0 aromatic heterocycles. The van der Waals surface area contributed by atoms with Crippen molar-refractivity contribution in [3.63, 3.8) is 0 Å². The fourth-order valence-electron chi connectivity index (χ4n) is 2.01. The van der Waals surface area contributed by atoms with Gasteiger partial charge in [0.25, 0.3) is 10.0 Å². The number of rotatable bonds is 5. The molecule has 2 aromatic carbocycles. The van der Waals surface area contributed by atoms with Crippen LogP contribution in [-0.4, -0.2) is 8.42 Å². The van der Waals surface area contributed by atoms with Gasteiger partial charge in [0, 0.05) is 4.90 Å². The van der Waals surface area contributed by atoms with E-state index in [9.17, 15) is 17.2 Å². The van der Waals surface area contributed by atoms with Gasteiger partial charge in [-0.1, -0.05) is 13.0 Å². The van der Waals surface area contributed by atoms with Crippen LogP contribution in [0.15, 0.2) is 46.2 Å². The quantitative estimate of drug-likeness (QED) is 0.653. The van der Waals surface area contributed by atoms with Gasteiger partial charge in [0.05, 0.1) is 5.69 Å². The number of nitrogens with zero attached hydrogens (tertiary/aromatic N) is 1. The van der Waals surface area contributed by atoms with E-state index in [2.05, 4.69) is 4.72 Å². The molecule has 0 heterocycles. The first-order chi connectivity index (χ1) is 10.9. The van der Waals surface area contributed by atoms with Gasteiger partial charge in [-0.2, -0.15) is 5.26 Å². The Balaban J connectivity index is 2.44. The summed E-state index contributed by atoms with van der Waals surface area (Å²) in [6, 6.07) is 7.53. The van der Waals surface area contributed by atoms with Gasteiger partial charge in [0.15, 0.2) is 4.90 Å². The van der Waals surface area contributed by atoms with E-state index >= 15 is 0 Å². The highest BCUT2D eigenvalue weighted by atomic mass is 32.2. The molecule has 0 amide bonds. The van der Waals surface area contributed by atoms with Crippen LogP contribution in [-0.2, 0) is 16.4 Å². The Morgan fingerprint density at radius 3 is 2.43 bits per heavy atom. The summed E-state index contributed by atoms with van der Waals surface area (Å²) in [7, 11) is -4.40. The molecule has 0 aliphatic heterocycles. The maximum Gasteiger partial charge on any atom is 0.267 e. The van der Waals surface area contributed by atoms with Crippen molar-refractivity contribution in [2.75, 3.05) is 4.72 Å². The minimum absolute atomic E-state index is 0.220. The van der Waals surface area contributed by atoms with Crippen LogP contribution in [0.25, 0.3) is 0 Å². The second-order valence-corrected chi connectivity index (χ2v) is 7.00. The molecule has 0 saturated heterocycles. The van der Waals surface area contributed by atoms with Gasteiger partial charge >= 0.3 is 0 Å². The molecular formula is C15H12F2N2O2S2. The molecule has 0 saturated carbocycles. The number of thiocyanates is 1. The van der Waals surface area contributed by atoms with Crippen molar-refractivity contribution in [2.24, 2.45) is 0 Å². The van der Waals surface area contributed by atoms with E-state index in [1.165, 1.54) is 6.07 Å². The van der Waals surface area contributed by atoms with Crippen molar-refractivity contribution >= 4 is 27.5 Å². The average molecular weight is 354 g/mol. The molecule has 23 heavy (non-hydrogen) atoms. The molecule has 0 aliphatic carbocycles. The first-order valence-corrected chi connectivity index (χ1v) is 8.84. The van der Waals surface area contributed by atoms with E-state index in [1.807, 2.05) is 5.40 Å². The third kappa shape index (κ3) is 3.81. The summed E-state index contributed by atoms with van der Waals surface area (Å²) in [6.07, 6.45) is 0.484. The molecule has 4 nitrogen and oxygen atoms in total. The maximum absolute atomic E-state index is 13.7. The lowest BCUT2D eigenvalue weighted by Gasteiger charge is -2.13. The molecule has 0 aliphatic rings. The van der Waals surface area contributed by atoms with Crippen molar-refractivity contribution in [1.82, 2.24) is 0 Å². The van der Waals surface area contributed by atoms with Crippen LogP contribution in [0.5, 0.6) is 0 Å². The monoisotopic (exact) mass is 354 g/mol. The van der Waals surface area contributed by atoms with Crippen LogP contribution in [0.1, 0.15) is 12.5 Å². The van der Waals surface area contributed by atoms with Gasteiger partial charge in [-0.15, -0.1) is 0 Å². The minimum atomic E-state index is -4.40. The molecule has 0 radical (unpaired) electrons. The Morgan fingerprint density at radius 2 is 1.87 bits per heavy atom. The second kappa shape index (κ2) is 6.98. The summed E-state index contributed by atoms with van der Waals surface area (Å²) in [5.74, 6) is -2.32. The molecule has 2 rings (SSSR count). The number of hydrogen-bond acceptors (Lipinski definition) is 4. The zero-order valence-electron chi connectivity index (χ0n) is 12.0. The van der Waals surface area contributed by atoms with Gasteiger partial charge in [0.1, 0.15) is 17.0 Å². The summed E-state index contributed by atoms with van der Waals surface area (Å²) in [6.45, 7) is 1.80. The Kier molecular flexibility index (Phi) is 5.23. The number of nitriles is 1. The molecule has 0 unspecified atom stereocenters. The molecule has 2 aromatic rings. The number of nitrogens with one attached hydrogen (secondary N) is 1. The van der Waals surface area contributed by atoms with E-state index in [1.54, 1.807) is 19.1 Å². The average Bonchev–Trinajstić information content (AvgIpc) is 2.48. The number of sulfonamides is 1. The lowest BCUT2D eigenvalue weighted by atomic mass is 10.1. The predicted molar refractivity (Wildman–Crippen MR) is 84.5 cm³/mol. The van der Waals surface area contributed by atoms with Crippen molar-refractivity contribution < 1.29 is 17.2 Å². The van der Waals surface area contributed by atoms with Crippen LogP contribution in [0.3, 0.4) is 0 Å². The number of benzene rings is 2. The summed E-state index contributed by atoms with van der Waals surface area (Å²) < 4.78 is 54.1. The molecule has 1 N–H and O–H groups in total. The standard InChI is InChI=1S/C15H12F2N2O2S2/c1-2-10-8-11(22-9-18)6-7-14(10)19-23(20,21)15-12(16)4-3-5-13(15)17/h3-8,19H,2H2,1H3. The number of thioether (sulfide) groups is 1. The molecule has 0 spiro atoms. The van der Waals surface area contributed by atoms with E-state index < -0.39 is 26.6 Å². The fourth-order valence-corrected chi connectivity index (χ4v) is 3.70. The topological polar surface area (TPSA) is 70.0 Å². The summed E-state index contributed by atoms with van der Waals surface area (Å²) >= 11 is 0.941. The first kappa shape index (κ1) is 17.2. The lowest BCUT2D eigenvalue weighted by Crippen LogP contribution is -2.17. The normalized spacial score (nSPS) is 11.0. The maximum atomic E-state index is 13.7. The van der Waals surface area contributed by atoms with Crippen molar-refractivity contribution in [3.8, 4) is 5.40 Å². The Bertz CT molecular complexity index is 857. The zero-order valence-corrected chi connectivity index (χ0v) is 13.6. The molecule has 0 fully saturated rings. The molecule has 120 valence electrons. The van der Waals surface area contributed by atoms with Crippen LogP contribution < -0.4 is 4.72 Å². The van der Waals surface area contributed by atoms with E-state index in [0.717, 1.165) is 30.0 Å². The second-order valence-electron chi connectivity index (χ2n) is 4.52. The highest BCUT2D eigenvalue weighted by Crippen LogP contribution is 2.27. The van der Waals surface area contributed by atoms with Crippen molar-refractivity contribution in [1.29, 1.82) is 5.26 Å². The molecular weight excluding hydrogens is 342 g/mol. The molecule has 0 bridgehead atoms. The number of hydrogen-bond donors (Lipinski definition) is 1. The van der Waals surface area contributed by atoms with Crippen LogP contribution in [0.4, 0.5) is 14.5 Å².